The number of halogens is 2. The smallest absolute Gasteiger partial charge is 0.257 e. The zero-order valence-electron chi connectivity index (χ0n) is 11.9. The summed E-state index contributed by atoms with van der Waals surface area (Å²) >= 11 is 0. The standard InChI is InChI=1S/C15H14F2N2O3S/c16-12-2-1-3-13(17)14(12)15(20)19-9-8-10-4-6-11(7-5-10)23(18,21)22/h1-7H,8-9H2,(H,19,20)(H2,18,21,22). The van der Waals surface area contributed by atoms with Crippen molar-refractivity contribution in [3.8, 4) is 0 Å². The Morgan fingerprint density at radius 2 is 1.61 bits per heavy atom. The Bertz CT molecular complexity index is 801. The second-order valence-corrected chi connectivity index (χ2v) is 6.35. The van der Waals surface area contributed by atoms with E-state index in [0.717, 1.165) is 17.7 Å². The van der Waals surface area contributed by atoms with Gasteiger partial charge in [-0.05, 0) is 36.2 Å². The average Bonchev–Trinajstić information content (AvgIpc) is 2.46. The molecule has 1 amide bonds. The van der Waals surface area contributed by atoms with Crippen molar-refractivity contribution in [3.05, 3.63) is 65.2 Å². The SMILES string of the molecule is NS(=O)(=O)c1ccc(CCNC(=O)c2c(F)cccc2F)cc1. The molecule has 2 aromatic carbocycles. The number of hydrogen-bond acceptors (Lipinski definition) is 3. The van der Waals surface area contributed by atoms with E-state index >= 15 is 0 Å². The third-order valence-corrected chi connectivity index (χ3v) is 4.07. The first-order valence-corrected chi connectivity index (χ1v) is 8.17. The van der Waals surface area contributed by atoms with E-state index in [0.29, 0.717) is 6.42 Å². The van der Waals surface area contributed by atoms with E-state index < -0.39 is 33.1 Å². The van der Waals surface area contributed by atoms with Crippen LogP contribution in [-0.4, -0.2) is 20.9 Å². The maximum atomic E-state index is 13.4. The molecule has 2 aromatic rings. The zero-order valence-corrected chi connectivity index (χ0v) is 12.7. The van der Waals surface area contributed by atoms with Gasteiger partial charge < -0.3 is 5.32 Å². The largest absolute Gasteiger partial charge is 0.352 e. The lowest BCUT2D eigenvalue weighted by Crippen LogP contribution is -2.27. The van der Waals surface area contributed by atoms with E-state index in [1.807, 2.05) is 0 Å². The Hall–Kier alpha value is -2.32. The summed E-state index contributed by atoms with van der Waals surface area (Å²) in [4.78, 5) is 11.8. The predicted octanol–water partition coefficient (Wildman–Crippen LogP) is 1.58. The van der Waals surface area contributed by atoms with Crippen molar-refractivity contribution in [1.82, 2.24) is 5.32 Å². The average molecular weight is 340 g/mol. The van der Waals surface area contributed by atoms with Gasteiger partial charge in [0.05, 0.1) is 4.90 Å². The third kappa shape index (κ3) is 4.33. The first-order chi connectivity index (χ1) is 10.8. The van der Waals surface area contributed by atoms with Crippen LogP contribution in [0.25, 0.3) is 0 Å². The van der Waals surface area contributed by atoms with Crippen LogP contribution < -0.4 is 10.5 Å². The minimum atomic E-state index is -3.75. The van der Waals surface area contributed by atoms with Gasteiger partial charge in [-0.3, -0.25) is 4.79 Å². The van der Waals surface area contributed by atoms with Gasteiger partial charge in [-0.2, -0.15) is 0 Å². The molecule has 0 saturated carbocycles. The molecule has 122 valence electrons. The monoisotopic (exact) mass is 340 g/mol. The summed E-state index contributed by atoms with van der Waals surface area (Å²) in [5.41, 5.74) is 0.115. The number of hydrogen-bond donors (Lipinski definition) is 2. The van der Waals surface area contributed by atoms with Crippen LogP contribution >= 0.6 is 0 Å². The molecule has 0 aliphatic rings. The van der Waals surface area contributed by atoms with Gasteiger partial charge in [-0.25, -0.2) is 22.3 Å². The number of benzene rings is 2. The van der Waals surface area contributed by atoms with E-state index in [9.17, 15) is 22.0 Å². The van der Waals surface area contributed by atoms with Gasteiger partial charge >= 0.3 is 0 Å². The van der Waals surface area contributed by atoms with Crippen LogP contribution in [0.2, 0.25) is 0 Å². The molecule has 3 N–H and O–H groups in total. The fourth-order valence-corrected chi connectivity index (χ4v) is 2.48. The quantitative estimate of drug-likeness (QED) is 0.866. The minimum absolute atomic E-state index is 0.0151. The summed E-state index contributed by atoms with van der Waals surface area (Å²) < 4.78 is 49.1. The highest BCUT2D eigenvalue weighted by Crippen LogP contribution is 2.12. The number of nitrogens with one attached hydrogen (secondary N) is 1. The van der Waals surface area contributed by atoms with E-state index in [1.54, 1.807) is 12.1 Å². The molecule has 0 heterocycles. The van der Waals surface area contributed by atoms with Crippen LogP contribution in [0.15, 0.2) is 47.4 Å². The lowest BCUT2D eigenvalue weighted by Gasteiger charge is -2.07. The highest BCUT2D eigenvalue weighted by atomic mass is 32.2. The van der Waals surface area contributed by atoms with Gasteiger partial charge in [0.2, 0.25) is 10.0 Å². The predicted molar refractivity (Wildman–Crippen MR) is 80.2 cm³/mol. The second-order valence-electron chi connectivity index (χ2n) is 4.79. The van der Waals surface area contributed by atoms with Gasteiger partial charge in [-0.15, -0.1) is 0 Å². The Labute approximate surface area is 132 Å². The zero-order chi connectivity index (χ0) is 17.0. The number of carbonyl (C=O) groups excluding carboxylic acids is 1. The molecule has 5 nitrogen and oxygen atoms in total. The molecule has 0 spiro atoms. The van der Waals surface area contributed by atoms with Crippen LogP contribution in [0.3, 0.4) is 0 Å². The van der Waals surface area contributed by atoms with Crippen LogP contribution in [0.1, 0.15) is 15.9 Å². The topological polar surface area (TPSA) is 89.3 Å². The molecule has 0 aliphatic heterocycles. The van der Waals surface area contributed by atoms with Crippen molar-refractivity contribution >= 4 is 15.9 Å². The summed E-state index contributed by atoms with van der Waals surface area (Å²) in [6.07, 6.45) is 0.368. The van der Waals surface area contributed by atoms with Crippen molar-refractivity contribution in [2.75, 3.05) is 6.54 Å². The number of carbonyl (C=O) groups is 1. The molecule has 2 rings (SSSR count). The van der Waals surface area contributed by atoms with Crippen LogP contribution in [0.5, 0.6) is 0 Å². The highest BCUT2D eigenvalue weighted by molar-refractivity contribution is 7.89. The first-order valence-electron chi connectivity index (χ1n) is 6.63. The number of rotatable bonds is 5. The minimum Gasteiger partial charge on any atom is -0.352 e. The third-order valence-electron chi connectivity index (χ3n) is 3.14. The van der Waals surface area contributed by atoms with E-state index in [-0.39, 0.29) is 11.4 Å². The van der Waals surface area contributed by atoms with Crippen LogP contribution in [0.4, 0.5) is 8.78 Å². The summed E-state index contributed by atoms with van der Waals surface area (Å²) in [5, 5.41) is 7.40. The van der Waals surface area contributed by atoms with Gasteiger partial charge in [-0.1, -0.05) is 18.2 Å². The lowest BCUT2D eigenvalue weighted by atomic mass is 10.1. The molecule has 0 fully saturated rings. The molecular formula is C15H14F2N2O3S. The molecule has 0 aromatic heterocycles. The van der Waals surface area contributed by atoms with E-state index in [1.165, 1.54) is 18.2 Å². The van der Waals surface area contributed by atoms with E-state index in [2.05, 4.69) is 5.32 Å². The fraction of sp³-hybridized carbons (Fsp3) is 0.133. The summed E-state index contributed by atoms with van der Waals surface area (Å²) in [6, 6.07) is 8.99. The van der Waals surface area contributed by atoms with Gasteiger partial charge in [0, 0.05) is 6.54 Å². The van der Waals surface area contributed by atoms with Gasteiger partial charge in [0.15, 0.2) is 0 Å². The summed E-state index contributed by atoms with van der Waals surface area (Å²) in [6.45, 7) is 0.140. The van der Waals surface area contributed by atoms with Gasteiger partial charge in [0.25, 0.3) is 5.91 Å². The normalized spacial score (nSPS) is 11.3. The van der Waals surface area contributed by atoms with Crippen molar-refractivity contribution < 1.29 is 22.0 Å². The summed E-state index contributed by atoms with van der Waals surface area (Å²) in [7, 11) is -3.75. The van der Waals surface area contributed by atoms with Crippen molar-refractivity contribution in [1.29, 1.82) is 0 Å². The molecule has 0 aliphatic carbocycles. The fourth-order valence-electron chi connectivity index (χ4n) is 1.97. The Balaban J connectivity index is 1.96. The highest BCUT2D eigenvalue weighted by Gasteiger charge is 2.16. The lowest BCUT2D eigenvalue weighted by molar-refractivity contribution is 0.0945. The second kappa shape index (κ2) is 6.84. The Kier molecular flexibility index (Phi) is 5.07. The molecule has 0 bridgehead atoms. The first kappa shape index (κ1) is 17.0. The summed E-state index contributed by atoms with van der Waals surface area (Å²) in [5.74, 6) is -2.71. The molecule has 23 heavy (non-hydrogen) atoms. The maximum absolute atomic E-state index is 13.4. The van der Waals surface area contributed by atoms with Crippen molar-refractivity contribution in [2.45, 2.75) is 11.3 Å². The van der Waals surface area contributed by atoms with Crippen LogP contribution in [0, 0.1) is 11.6 Å². The Morgan fingerprint density at radius 1 is 1.04 bits per heavy atom. The number of nitrogens with two attached hydrogens (primary N) is 1. The Morgan fingerprint density at radius 3 is 2.13 bits per heavy atom. The van der Waals surface area contributed by atoms with Crippen molar-refractivity contribution in [2.24, 2.45) is 5.14 Å². The molecule has 0 saturated heterocycles. The molecule has 0 atom stereocenters. The molecular weight excluding hydrogens is 326 g/mol. The van der Waals surface area contributed by atoms with Crippen molar-refractivity contribution in [3.63, 3.8) is 0 Å². The number of sulfonamides is 1. The number of amides is 1. The number of primary sulfonamides is 1. The van der Waals surface area contributed by atoms with Crippen LogP contribution in [-0.2, 0) is 16.4 Å². The molecule has 0 unspecified atom stereocenters. The molecule has 8 heteroatoms. The van der Waals surface area contributed by atoms with Gasteiger partial charge in [0.1, 0.15) is 17.2 Å². The molecule has 0 radical (unpaired) electrons. The van der Waals surface area contributed by atoms with E-state index in [4.69, 9.17) is 5.14 Å². The maximum Gasteiger partial charge on any atom is 0.257 e.